The fourth-order valence-corrected chi connectivity index (χ4v) is 4.94. The highest BCUT2D eigenvalue weighted by atomic mass is 19.1. The van der Waals surface area contributed by atoms with E-state index in [4.69, 9.17) is 0 Å². The van der Waals surface area contributed by atoms with Crippen molar-refractivity contribution in [3.63, 3.8) is 0 Å². The minimum Gasteiger partial charge on any atom is -0.352 e. The molecule has 1 heterocycles. The maximum atomic E-state index is 14.8. The summed E-state index contributed by atoms with van der Waals surface area (Å²) in [6.45, 7) is 2.19. The van der Waals surface area contributed by atoms with Gasteiger partial charge in [0.1, 0.15) is 5.82 Å². The van der Waals surface area contributed by atoms with E-state index in [2.05, 4.69) is 40.5 Å². The second kappa shape index (κ2) is 9.25. The van der Waals surface area contributed by atoms with Crippen LogP contribution in [-0.2, 0) is 4.79 Å². The predicted octanol–water partition coefficient (Wildman–Crippen LogP) is 5.34. The number of halogens is 1. The Morgan fingerprint density at radius 2 is 1.59 bits per heavy atom. The molecule has 1 aliphatic heterocycles. The first-order valence-corrected chi connectivity index (χ1v) is 11.6. The number of piperidine rings is 1. The maximum absolute atomic E-state index is 14.8. The van der Waals surface area contributed by atoms with Crippen LogP contribution in [0.4, 0.5) is 4.39 Å². The molecule has 3 aromatic rings. The maximum Gasteiger partial charge on any atom is 0.234 e. The third-order valence-corrected chi connectivity index (χ3v) is 6.87. The van der Waals surface area contributed by atoms with Gasteiger partial charge in [0.25, 0.3) is 0 Å². The summed E-state index contributed by atoms with van der Waals surface area (Å²) in [6.07, 6.45) is 2.93. The molecule has 0 spiro atoms. The summed E-state index contributed by atoms with van der Waals surface area (Å²) in [4.78, 5) is 14.7. The quantitative estimate of drug-likeness (QED) is 0.574. The molecular formula is C28H29FN2O. The van der Waals surface area contributed by atoms with E-state index in [1.54, 1.807) is 6.07 Å². The van der Waals surface area contributed by atoms with E-state index in [1.807, 2.05) is 42.5 Å². The number of carbonyl (C=O) groups excluding carboxylic acids is 1. The zero-order valence-corrected chi connectivity index (χ0v) is 18.2. The SMILES string of the molecule is O=C(CN1CCC(c2ccc(-c3ccccc3)c(F)c2)CC1)NC1CC1c1ccccc1. The number of amides is 1. The van der Waals surface area contributed by atoms with Crippen molar-refractivity contribution in [3.8, 4) is 11.1 Å². The third-order valence-electron chi connectivity index (χ3n) is 6.87. The van der Waals surface area contributed by atoms with Gasteiger partial charge in [-0.2, -0.15) is 0 Å². The van der Waals surface area contributed by atoms with Crippen LogP contribution in [0.3, 0.4) is 0 Å². The van der Waals surface area contributed by atoms with Gasteiger partial charge in [-0.25, -0.2) is 4.39 Å². The first-order chi connectivity index (χ1) is 15.7. The summed E-state index contributed by atoms with van der Waals surface area (Å²) in [7, 11) is 0. The Balaban J connectivity index is 1.11. The molecule has 1 saturated heterocycles. The van der Waals surface area contributed by atoms with E-state index < -0.39 is 0 Å². The molecule has 1 saturated carbocycles. The topological polar surface area (TPSA) is 32.3 Å². The van der Waals surface area contributed by atoms with Gasteiger partial charge in [-0.3, -0.25) is 9.69 Å². The number of hydrogen-bond donors (Lipinski definition) is 1. The lowest BCUT2D eigenvalue weighted by molar-refractivity contribution is -0.122. The zero-order chi connectivity index (χ0) is 21.9. The molecule has 0 bridgehead atoms. The number of hydrogen-bond acceptors (Lipinski definition) is 2. The van der Waals surface area contributed by atoms with Gasteiger partial charge in [0, 0.05) is 17.5 Å². The predicted molar refractivity (Wildman–Crippen MR) is 126 cm³/mol. The van der Waals surface area contributed by atoms with Gasteiger partial charge >= 0.3 is 0 Å². The van der Waals surface area contributed by atoms with Crippen molar-refractivity contribution >= 4 is 5.91 Å². The Labute approximate surface area is 189 Å². The highest BCUT2D eigenvalue weighted by Crippen LogP contribution is 2.40. The van der Waals surface area contributed by atoms with E-state index in [1.165, 1.54) is 5.56 Å². The average Bonchev–Trinajstić information content (AvgIpc) is 3.59. The Bertz CT molecular complexity index is 1060. The lowest BCUT2D eigenvalue weighted by atomic mass is 9.88. The monoisotopic (exact) mass is 428 g/mol. The molecule has 32 heavy (non-hydrogen) atoms. The summed E-state index contributed by atoms with van der Waals surface area (Å²) < 4.78 is 14.8. The molecular weight excluding hydrogens is 399 g/mol. The molecule has 3 nitrogen and oxygen atoms in total. The van der Waals surface area contributed by atoms with Crippen molar-refractivity contribution in [2.24, 2.45) is 0 Å². The zero-order valence-electron chi connectivity index (χ0n) is 18.2. The van der Waals surface area contributed by atoms with Crippen LogP contribution < -0.4 is 5.32 Å². The van der Waals surface area contributed by atoms with Crippen molar-refractivity contribution in [2.75, 3.05) is 19.6 Å². The standard InChI is InChI=1S/C28H29FN2O/c29-26-17-23(11-12-24(26)21-7-3-1-4-8-21)20-13-15-31(16-14-20)19-28(32)30-27-18-25(27)22-9-5-2-6-10-22/h1-12,17,20,25,27H,13-16,18-19H2,(H,30,32). The van der Waals surface area contributed by atoms with Crippen LogP contribution in [0, 0.1) is 5.82 Å². The van der Waals surface area contributed by atoms with Crippen molar-refractivity contribution in [1.82, 2.24) is 10.2 Å². The summed E-state index contributed by atoms with van der Waals surface area (Å²) in [6, 6.07) is 26.0. The Morgan fingerprint density at radius 1 is 0.906 bits per heavy atom. The van der Waals surface area contributed by atoms with Crippen LogP contribution in [0.25, 0.3) is 11.1 Å². The second-order valence-corrected chi connectivity index (χ2v) is 9.08. The van der Waals surface area contributed by atoms with Crippen LogP contribution in [-0.4, -0.2) is 36.5 Å². The van der Waals surface area contributed by atoms with Gasteiger partial charge in [0.15, 0.2) is 0 Å². The fraction of sp³-hybridized carbons (Fsp3) is 0.321. The molecule has 0 radical (unpaired) electrons. The number of nitrogens with one attached hydrogen (secondary N) is 1. The smallest absolute Gasteiger partial charge is 0.234 e. The normalized spacial score (nSPS) is 21.3. The molecule has 2 aliphatic rings. The molecule has 164 valence electrons. The first-order valence-electron chi connectivity index (χ1n) is 11.6. The lowest BCUT2D eigenvalue weighted by Crippen LogP contribution is -2.42. The van der Waals surface area contributed by atoms with Crippen LogP contribution in [0.1, 0.15) is 42.2 Å². The van der Waals surface area contributed by atoms with E-state index in [0.29, 0.717) is 23.9 Å². The minimum atomic E-state index is -0.159. The largest absolute Gasteiger partial charge is 0.352 e. The Morgan fingerprint density at radius 3 is 2.28 bits per heavy atom. The van der Waals surface area contributed by atoms with Gasteiger partial charge in [-0.1, -0.05) is 72.8 Å². The number of carbonyl (C=O) groups is 1. The van der Waals surface area contributed by atoms with Crippen LogP contribution in [0.2, 0.25) is 0 Å². The molecule has 4 heteroatoms. The van der Waals surface area contributed by atoms with E-state index in [0.717, 1.165) is 43.5 Å². The minimum absolute atomic E-state index is 0.116. The highest BCUT2D eigenvalue weighted by Gasteiger charge is 2.39. The van der Waals surface area contributed by atoms with Crippen LogP contribution in [0.5, 0.6) is 0 Å². The highest BCUT2D eigenvalue weighted by molar-refractivity contribution is 5.79. The van der Waals surface area contributed by atoms with E-state index >= 15 is 0 Å². The summed E-state index contributed by atoms with van der Waals surface area (Å²) in [5, 5.41) is 3.19. The Kier molecular flexibility index (Phi) is 6.04. The molecule has 1 amide bonds. The lowest BCUT2D eigenvalue weighted by Gasteiger charge is -2.31. The molecule has 1 N–H and O–H groups in total. The van der Waals surface area contributed by atoms with Crippen molar-refractivity contribution < 1.29 is 9.18 Å². The van der Waals surface area contributed by atoms with Gasteiger partial charge < -0.3 is 5.32 Å². The number of rotatable bonds is 6. The van der Waals surface area contributed by atoms with Gasteiger partial charge in [0.2, 0.25) is 5.91 Å². The molecule has 2 atom stereocenters. The average molecular weight is 429 g/mol. The molecule has 0 aromatic heterocycles. The summed E-state index contributed by atoms with van der Waals surface area (Å²) in [5.74, 6) is 0.761. The van der Waals surface area contributed by atoms with E-state index in [-0.39, 0.29) is 17.8 Å². The molecule has 2 fully saturated rings. The van der Waals surface area contributed by atoms with E-state index in [9.17, 15) is 9.18 Å². The fourth-order valence-electron chi connectivity index (χ4n) is 4.94. The van der Waals surface area contributed by atoms with Crippen molar-refractivity contribution in [3.05, 3.63) is 95.8 Å². The number of likely N-dealkylation sites (tertiary alicyclic amines) is 1. The molecule has 5 rings (SSSR count). The molecule has 3 aromatic carbocycles. The van der Waals surface area contributed by atoms with Gasteiger partial charge in [-0.15, -0.1) is 0 Å². The third kappa shape index (κ3) is 4.76. The Hall–Kier alpha value is -2.98. The molecule has 1 aliphatic carbocycles. The molecule has 2 unspecified atom stereocenters. The number of nitrogens with zero attached hydrogens (tertiary/aromatic N) is 1. The summed E-state index contributed by atoms with van der Waals surface area (Å²) in [5.41, 5.74) is 3.93. The van der Waals surface area contributed by atoms with Crippen molar-refractivity contribution in [2.45, 2.75) is 37.1 Å². The van der Waals surface area contributed by atoms with Crippen LogP contribution >= 0.6 is 0 Å². The van der Waals surface area contributed by atoms with Crippen molar-refractivity contribution in [1.29, 1.82) is 0 Å². The second-order valence-electron chi connectivity index (χ2n) is 9.08. The van der Waals surface area contributed by atoms with Gasteiger partial charge in [-0.05, 0) is 61.0 Å². The van der Waals surface area contributed by atoms with Gasteiger partial charge in [0.05, 0.1) is 6.54 Å². The first kappa shape index (κ1) is 20.9. The summed E-state index contributed by atoms with van der Waals surface area (Å²) >= 11 is 0. The number of benzene rings is 3. The van der Waals surface area contributed by atoms with Crippen LogP contribution in [0.15, 0.2) is 78.9 Å².